The second-order valence-corrected chi connectivity index (χ2v) is 5.09. The molecular formula is C18H24N2O. The molecule has 21 heavy (non-hydrogen) atoms. The summed E-state index contributed by atoms with van der Waals surface area (Å²) < 4.78 is 5.32. The molecule has 2 heterocycles. The van der Waals surface area contributed by atoms with E-state index in [1.807, 2.05) is 45.3 Å². The van der Waals surface area contributed by atoms with Crippen molar-refractivity contribution >= 4 is 17.1 Å². The molecule has 0 saturated carbocycles. The van der Waals surface area contributed by atoms with Gasteiger partial charge in [-0.2, -0.15) is 0 Å². The number of hydrogen-bond donors (Lipinski definition) is 0. The molecule has 2 aliphatic rings. The van der Waals surface area contributed by atoms with Gasteiger partial charge in [-0.05, 0) is 56.3 Å². The van der Waals surface area contributed by atoms with Gasteiger partial charge in [0.15, 0.2) is 0 Å². The zero-order valence-corrected chi connectivity index (χ0v) is 13.3. The molecule has 0 saturated heterocycles. The second-order valence-electron chi connectivity index (χ2n) is 5.09. The second kappa shape index (κ2) is 7.02. The topological polar surface area (TPSA) is 15.7 Å². The van der Waals surface area contributed by atoms with E-state index in [2.05, 4.69) is 41.0 Å². The van der Waals surface area contributed by atoms with Gasteiger partial charge >= 0.3 is 0 Å². The molecule has 0 spiro atoms. The molecule has 2 aliphatic heterocycles. The Labute approximate surface area is 127 Å². The minimum absolute atomic E-state index is 0.724. The first-order chi connectivity index (χ1) is 10.2. The Hall–Kier alpha value is -2.16. The Morgan fingerprint density at radius 3 is 1.95 bits per heavy atom. The molecule has 4 rings (SSSR count). The number of ether oxygens (including phenoxy) is 1. The Kier molecular flexibility index (Phi) is 5.09. The summed E-state index contributed by atoms with van der Waals surface area (Å²) in [5.74, 6) is 0.933. The van der Waals surface area contributed by atoms with Crippen LogP contribution in [-0.2, 0) is 0 Å². The lowest BCUT2D eigenvalue weighted by atomic mass is 10.1. The molecule has 0 amide bonds. The minimum atomic E-state index is 0.724. The van der Waals surface area contributed by atoms with Crippen LogP contribution in [0.3, 0.4) is 0 Å². The molecular weight excluding hydrogens is 260 g/mol. The molecule has 0 N–H and O–H groups in total. The highest BCUT2D eigenvalue weighted by molar-refractivity contribution is 5.76. The first kappa shape index (κ1) is 15.2. The standard InChI is InChI=1S/C10H15NO.C8H9N/c1-4-12-10-7-5-9(6-8-10)11(2)3;1-2-9-7-4-3-5-8(9)6-7/h5-8H,4H2,1-3H3;3-6H,2H2,1H3. The number of fused-ring (bicyclic) bond motifs is 2. The highest BCUT2D eigenvalue weighted by Crippen LogP contribution is 2.36. The van der Waals surface area contributed by atoms with Crippen LogP contribution >= 0.6 is 0 Å². The summed E-state index contributed by atoms with van der Waals surface area (Å²) in [6, 6.07) is 16.6. The molecule has 0 unspecified atom stereocenters. The number of anilines is 3. The van der Waals surface area contributed by atoms with Crippen molar-refractivity contribution in [3.05, 3.63) is 48.5 Å². The lowest BCUT2D eigenvalue weighted by Gasteiger charge is -2.31. The fraction of sp³-hybridized carbons (Fsp3) is 0.333. The van der Waals surface area contributed by atoms with Crippen LogP contribution in [0, 0.1) is 0 Å². The zero-order valence-electron chi connectivity index (χ0n) is 13.3. The van der Waals surface area contributed by atoms with Gasteiger partial charge in [0, 0.05) is 37.7 Å². The third kappa shape index (κ3) is 3.69. The van der Waals surface area contributed by atoms with Gasteiger partial charge in [-0.3, -0.25) is 0 Å². The normalized spacial score (nSPS) is 11.1. The Morgan fingerprint density at radius 2 is 1.57 bits per heavy atom. The van der Waals surface area contributed by atoms with Gasteiger partial charge in [0.05, 0.1) is 6.61 Å². The monoisotopic (exact) mass is 284 g/mol. The number of benzene rings is 2. The van der Waals surface area contributed by atoms with Crippen LogP contribution in [0.1, 0.15) is 13.8 Å². The van der Waals surface area contributed by atoms with Gasteiger partial charge in [-0.25, -0.2) is 0 Å². The third-order valence-corrected chi connectivity index (χ3v) is 3.43. The Bertz CT molecular complexity index is 537. The van der Waals surface area contributed by atoms with E-state index in [9.17, 15) is 0 Å². The maximum atomic E-state index is 5.32. The summed E-state index contributed by atoms with van der Waals surface area (Å²) >= 11 is 0. The van der Waals surface area contributed by atoms with Gasteiger partial charge in [0.25, 0.3) is 0 Å². The van der Waals surface area contributed by atoms with Crippen molar-refractivity contribution in [1.29, 1.82) is 0 Å². The van der Waals surface area contributed by atoms with Gasteiger partial charge in [-0.15, -0.1) is 0 Å². The van der Waals surface area contributed by atoms with Crippen molar-refractivity contribution in [2.75, 3.05) is 37.0 Å². The van der Waals surface area contributed by atoms with Crippen molar-refractivity contribution in [3.63, 3.8) is 0 Å². The Balaban J connectivity index is 0.000000159. The first-order valence-electron chi connectivity index (χ1n) is 7.43. The molecule has 0 atom stereocenters. The summed E-state index contributed by atoms with van der Waals surface area (Å²) in [5, 5.41) is 0. The molecule has 0 aliphatic carbocycles. The van der Waals surface area contributed by atoms with Crippen molar-refractivity contribution in [3.8, 4) is 5.75 Å². The zero-order chi connectivity index (χ0) is 15.2. The molecule has 0 aromatic heterocycles. The lowest BCUT2D eigenvalue weighted by Crippen LogP contribution is -2.22. The summed E-state index contributed by atoms with van der Waals surface area (Å²) in [6.45, 7) is 5.98. The quantitative estimate of drug-likeness (QED) is 0.832. The maximum Gasteiger partial charge on any atom is 0.119 e. The summed E-state index contributed by atoms with van der Waals surface area (Å²) in [6.07, 6.45) is 0. The highest BCUT2D eigenvalue weighted by atomic mass is 16.5. The van der Waals surface area contributed by atoms with Crippen LogP contribution in [0.15, 0.2) is 48.5 Å². The van der Waals surface area contributed by atoms with Crippen LogP contribution < -0.4 is 14.5 Å². The Morgan fingerprint density at radius 1 is 0.952 bits per heavy atom. The van der Waals surface area contributed by atoms with Crippen molar-refractivity contribution in [2.45, 2.75) is 13.8 Å². The fourth-order valence-corrected chi connectivity index (χ4v) is 2.28. The van der Waals surface area contributed by atoms with Gasteiger partial charge in [-0.1, -0.05) is 6.07 Å². The molecule has 3 heteroatoms. The predicted octanol–water partition coefficient (Wildman–Crippen LogP) is 4.31. The van der Waals surface area contributed by atoms with Crippen LogP contribution in [0.25, 0.3) is 0 Å². The van der Waals surface area contributed by atoms with Crippen LogP contribution in [-0.4, -0.2) is 27.2 Å². The summed E-state index contributed by atoms with van der Waals surface area (Å²) in [5.41, 5.74) is 3.91. The largest absolute Gasteiger partial charge is 0.494 e. The van der Waals surface area contributed by atoms with Crippen LogP contribution in [0.4, 0.5) is 17.1 Å². The van der Waals surface area contributed by atoms with E-state index < -0.39 is 0 Å². The average Bonchev–Trinajstić information content (AvgIpc) is 2.50. The van der Waals surface area contributed by atoms with E-state index >= 15 is 0 Å². The van der Waals surface area contributed by atoms with E-state index in [0.29, 0.717) is 0 Å². The minimum Gasteiger partial charge on any atom is -0.494 e. The van der Waals surface area contributed by atoms with Crippen molar-refractivity contribution in [2.24, 2.45) is 0 Å². The molecule has 2 bridgehead atoms. The highest BCUT2D eigenvalue weighted by Gasteiger charge is 2.15. The number of nitrogens with zero attached hydrogens (tertiary/aromatic N) is 2. The van der Waals surface area contributed by atoms with Gasteiger partial charge < -0.3 is 14.5 Å². The molecule has 2 aromatic rings. The number of rotatable bonds is 4. The van der Waals surface area contributed by atoms with Gasteiger partial charge in [0.2, 0.25) is 0 Å². The van der Waals surface area contributed by atoms with E-state index in [1.165, 1.54) is 17.1 Å². The van der Waals surface area contributed by atoms with E-state index in [0.717, 1.165) is 18.9 Å². The lowest BCUT2D eigenvalue weighted by molar-refractivity contribution is 0.340. The molecule has 2 aromatic carbocycles. The van der Waals surface area contributed by atoms with E-state index in [-0.39, 0.29) is 0 Å². The summed E-state index contributed by atoms with van der Waals surface area (Å²) in [7, 11) is 4.05. The van der Waals surface area contributed by atoms with E-state index in [4.69, 9.17) is 4.74 Å². The smallest absolute Gasteiger partial charge is 0.119 e. The molecule has 0 radical (unpaired) electrons. The maximum absolute atomic E-state index is 5.32. The fourth-order valence-electron chi connectivity index (χ4n) is 2.28. The molecule has 0 fully saturated rings. The molecule has 3 nitrogen and oxygen atoms in total. The number of hydrogen-bond acceptors (Lipinski definition) is 3. The average molecular weight is 284 g/mol. The van der Waals surface area contributed by atoms with Crippen LogP contribution in [0.5, 0.6) is 5.75 Å². The summed E-state index contributed by atoms with van der Waals surface area (Å²) in [4.78, 5) is 4.36. The first-order valence-corrected chi connectivity index (χ1v) is 7.43. The van der Waals surface area contributed by atoms with Crippen molar-refractivity contribution < 1.29 is 4.74 Å². The third-order valence-electron chi connectivity index (χ3n) is 3.43. The predicted molar refractivity (Wildman–Crippen MR) is 91.1 cm³/mol. The van der Waals surface area contributed by atoms with Crippen LogP contribution in [0.2, 0.25) is 0 Å². The van der Waals surface area contributed by atoms with E-state index in [1.54, 1.807) is 0 Å². The van der Waals surface area contributed by atoms with Gasteiger partial charge in [0.1, 0.15) is 5.75 Å². The SMILES string of the molecule is CCN1c2cccc1c2.CCOc1ccc(N(C)C)cc1. The molecule has 112 valence electrons. The van der Waals surface area contributed by atoms with Crippen molar-refractivity contribution in [1.82, 2.24) is 0 Å².